The number of rotatable bonds is 1. The van der Waals surface area contributed by atoms with Crippen molar-refractivity contribution in [1.82, 2.24) is 9.97 Å². The number of aromatic amines is 1. The van der Waals surface area contributed by atoms with E-state index in [0.717, 1.165) is 11.1 Å². The Morgan fingerprint density at radius 2 is 1.95 bits per heavy atom. The number of fused-ring (bicyclic) bond motifs is 1. The number of thiophene rings is 1. The first kappa shape index (κ1) is 12.6. The van der Waals surface area contributed by atoms with Gasteiger partial charge in [-0.05, 0) is 19.4 Å². The summed E-state index contributed by atoms with van der Waals surface area (Å²) in [5.41, 5.74) is 2.54. The van der Waals surface area contributed by atoms with Gasteiger partial charge in [0.25, 0.3) is 5.56 Å². The summed E-state index contributed by atoms with van der Waals surface area (Å²) in [5.74, 6) is 0.542. The van der Waals surface area contributed by atoms with Crippen molar-refractivity contribution in [3.63, 3.8) is 0 Å². The Kier molecular flexibility index (Phi) is 2.88. The van der Waals surface area contributed by atoms with Gasteiger partial charge in [0.05, 0.1) is 12.0 Å². The minimum absolute atomic E-state index is 0.186. The van der Waals surface area contributed by atoms with Crippen LogP contribution in [0.25, 0.3) is 26.4 Å². The molecule has 0 amide bonds. The molecule has 0 saturated heterocycles. The Hall–Kier alpha value is -2.45. The second kappa shape index (κ2) is 4.58. The maximum Gasteiger partial charge on any atom is 0.258 e. The maximum absolute atomic E-state index is 12.2. The molecule has 0 spiro atoms. The van der Waals surface area contributed by atoms with Crippen LogP contribution in [0.2, 0.25) is 0 Å². The van der Waals surface area contributed by atoms with E-state index in [9.17, 15) is 4.79 Å². The zero-order valence-electron chi connectivity index (χ0n) is 11.0. The summed E-state index contributed by atoms with van der Waals surface area (Å²) in [5, 5.41) is 1.05. The zero-order valence-corrected chi connectivity index (χ0v) is 11.8. The number of H-pyrrole nitrogens is 1. The van der Waals surface area contributed by atoms with E-state index in [1.807, 2.05) is 31.2 Å². The van der Waals surface area contributed by atoms with Crippen molar-refractivity contribution in [3.05, 3.63) is 57.2 Å². The van der Waals surface area contributed by atoms with Crippen molar-refractivity contribution >= 4 is 26.6 Å². The Labute approximate surface area is 119 Å². The molecule has 2 heterocycles. The van der Waals surface area contributed by atoms with Gasteiger partial charge in [-0.3, -0.25) is 4.79 Å². The van der Waals surface area contributed by atoms with Crippen LogP contribution in [-0.2, 0) is 0 Å². The molecule has 5 heteroatoms. The summed E-state index contributed by atoms with van der Waals surface area (Å²) in [6, 6.07) is 7.80. The number of hydrogen-bond acceptors (Lipinski definition) is 3. The normalized spacial score (nSPS) is 10.7. The van der Waals surface area contributed by atoms with Crippen molar-refractivity contribution in [2.24, 2.45) is 0 Å². The molecule has 0 atom stereocenters. The summed E-state index contributed by atoms with van der Waals surface area (Å²) >= 11 is 1.26. The van der Waals surface area contributed by atoms with E-state index in [-0.39, 0.29) is 5.56 Å². The molecule has 3 aromatic rings. The smallest absolute Gasteiger partial charge is 0.258 e. The van der Waals surface area contributed by atoms with E-state index < -0.39 is 0 Å². The van der Waals surface area contributed by atoms with E-state index in [1.54, 1.807) is 6.92 Å². The molecule has 0 saturated carbocycles. The highest BCUT2D eigenvalue weighted by atomic mass is 32.1. The topological polar surface area (TPSA) is 50.1 Å². The Balaban J connectivity index is 2.28. The monoisotopic (exact) mass is 281 g/mol. The summed E-state index contributed by atoms with van der Waals surface area (Å²) < 4.78 is 0. The molecule has 0 bridgehead atoms. The van der Waals surface area contributed by atoms with E-state index in [1.165, 1.54) is 11.3 Å². The van der Waals surface area contributed by atoms with Crippen LogP contribution < -0.4 is 5.56 Å². The van der Waals surface area contributed by atoms with Gasteiger partial charge in [-0.15, -0.1) is 11.3 Å². The van der Waals surface area contributed by atoms with E-state index in [4.69, 9.17) is 6.57 Å². The van der Waals surface area contributed by atoms with Crippen molar-refractivity contribution in [2.45, 2.75) is 13.8 Å². The molecular weight excluding hydrogens is 270 g/mol. The second-order valence-corrected chi connectivity index (χ2v) is 5.58. The summed E-state index contributed by atoms with van der Waals surface area (Å²) in [6.45, 7) is 10.9. The van der Waals surface area contributed by atoms with Gasteiger partial charge in [0, 0.05) is 5.56 Å². The lowest BCUT2D eigenvalue weighted by atomic mass is 10.1. The molecule has 2 aromatic heterocycles. The van der Waals surface area contributed by atoms with E-state index >= 15 is 0 Å². The number of benzene rings is 1. The third-order valence-electron chi connectivity index (χ3n) is 3.20. The minimum atomic E-state index is -0.186. The molecule has 98 valence electrons. The van der Waals surface area contributed by atoms with Gasteiger partial charge in [0.1, 0.15) is 10.7 Å². The predicted molar refractivity (Wildman–Crippen MR) is 81.4 cm³/mol. The van der Waals surface area contributed by atoms with Crippen LogP contribution in [-0.4, -0.2) is 9.97 Å². The van der Waals surface area contributed by atoms with Crippen molar-refractivity contribution in [2.75, 3.05) is 0 Å². The lowest BCUT2D eigenvalue weighted by Gasteiger charge is -2.01. The first-order valence-electron chi connectivity index (χ1n) is 6.08. The fourth-order valence-electron chi connectivity index (χ4n) is 2.09. The highest BCUT2D eigenvalue weighted by molar-refractivity contribution is 7.22. The molecule has 20 heavy (non-hydrogen) atoms. The molecule has 3 rings (SSSR count). The minimum Gasteiger partial charge on any atom is -0.306 e. The fraction of sp³-hybridized carbons (Fsp3) is 0.133. The number of aromatic nitrogens is 2. The molecule has 0 radical (unpaired) electrons. The lowest BCUT2D eigenvalue weighted by Crippen LogP contribution is -2.08. The molecule has 1 N–H and O–H groups in total. The average molecular weight is 281 g/mol. The summed E-state index contributed by atoms with van der Waals surface area (Å²) in [7, 11) is 0. The van der Waals surface area contributed by atoms with Gasteiger partial charge in [-0.25, -0.2) is 9.83 Å². The third-order valence-corrected chi connectivity index (χ3v) is 4.28. The first-order valence-corrected chi connectivity index (χ1v) is 6.89. The zero-order chi connectivity index (χ0) is 14.3. The summed E-state index contributed by atoms with van der Waals surface area (Å²) in [4.78, 5) is 23.5. The number of nitrogens with one attached hydrogen (secondary N) is 1. The second-order valence-electron chi connectivity index (χ2n) is 4.60. The largest absolute Gasteiger partial charge is 0.306 e. The van der Waals surface area contributed by atoms with Crippen LogP contribution in [0, 0.1) is 20.4 Å². The Morgan fingerprint density at radius 3 is 2.60 bits per heavy atom. The van der Waals surface area contributed by atoms with Gasteiger partial charge in [-0.1, -0.05) is 29.8 Å². The van der Waals surface area contributed by atoms with Gasteiger partial charge < -0.3 is 4.98 Å². The molecule has 0 aliphatic carbocycles. The van der Waals surface area contributed by atoms with Crippen molar-refractivity contribution in [1.29, 1.82) is 0 Å². The van der Waals surface area contributed by atoms with Gasteiger partial charge >= 0.3 is 0 Å². The van der Waals surface area contributed by atoms with Crippen LogP contribution in [0.3, 0.4) is 0 Å². The molecule has 1 aromatic carbocycles. The predicted octanol–water partition coefficient (Wildman–Crippen LogP) is 3.82. The van der Waals surface area contributed by atoms with Crippen LogP contribution in [0.1, 0.15) is 11.1 Å². The molecular formula is C15H11N3OS. The molecule has 4 nitrogen and oxygen atoms in total. The van der Waals surface area contributed by atoms with Crippen LogP contribution in [0.4, 0.5) is 5.00 Å². The van der Waals surface area contributed by atoms with Crippen LogP contribution >= 0.6 is 11.3 Å². The summed E-state index contributed by atoms with van der Waals surface area (Å²) in [6.07, 6.45) is 0. The number of nitrogens with zero attached hydrogens (tertiary/aromatic N) is 2. The lowest BCUT2D eigenvalue weighted by molar-refractivity contribution is 1.18. The quantitative estimate of drug-likeness (QED) is 0.689. The van der Waals surface area contributed by atoms with E-state index in [2.05, 4.69) is 14.8 Å². The first-order chi connectivity index (χ1) is 9.60. The average Bonchev–Trinajstić information content (AvgIpc) is 2.76. The van der Waals surface area contributed by atoms with Gasteiger partial charge in [0.2, 0.25) is 5.00 Å². The number of aryl methyl sites for hydroxylation is 2. The highest BCUT2D eigenvalue weighted by Crippen LogP contribution is 2.34. The van der Waals surface area contributed by atoms with Gasteiger partial charge in [0.15, 0.2) is 0 Å². The fourth-order valence-corrected chi connectivity index (χ4v) is 3.06. The maximum atomic E-state index is 12.2. The van der Waals surface area contributed by atoms with Crippen LogP contribution in [0.5, 0.6) is 0 Å². The van der Waals surface area contributed by atoms with Crippen molar-refractivity contribution < 1.29 is 0 Å². The molecule has 0 aliphatic heterocycles. The molecule has 0 unspecified atom stereocenters. The number of hydrogen-bond donors (Lipinski definition) is 1. The van der Waals surface area contributed by atoms with Crippen LogP contribution in [0.15, 0.2) is 29.1 Å². The third kappa shape index (κ3) is 1.91. The van der Waals surface area contributed by atoms with E-state index in [0.29, 0.717) is 26.6 Å². The highest BCUT2D eigenvalue weighted by Gasteiger charge is 2.14. The molecule has 0 aliphatic rings. The Bertz CT molecular complexity index is 898. The SMILES string of the molecule is [C-]#[N+]c1sc2nc(-c3ccc(C)cc3)[nH]c(=O)c2c1C. The Morgan fingerprint density at radius 1 is 1.25 bits per heavy atom. The standard InChI is InChI=1S/C15H11N3OS/c1-8-4-6-10(7-5-8)12-17-13(19)11-9(2)14(16-3)20-15(11)18-12/h4-7H,1-2H3,(H,17,18,19). The van der Waals surface area contributed by atoms with Crippen molar-refractivity contribution in [3.8, 4) is 11.4 Å². The molecule has 0 fully saturated rings. The van der Waals surface area contributed by atoms with Gasteiger partial charge in [-0.2, -0.15) is 0 Å².